The van der Waals surface area contributed by atoms with Gasteiger partial charge in [-0.25, -0.2) is 0 Å². The molecule has 112 valence electrons. The molecule has 0 saturated heterocycles. The number of hydrogen-bond acceptors (Lipinski definition) is 3. The zero-order chi connectivity index (χ0) is 15.2. The molecule has 21 heavy (non-hydrogen) atoms. The lowest BCUT2D eigenvalue weighted by Crippen LogP contribution is -2.25. The molecule has 0 aliphatic heterocycles. The third kappa shape index (κ3) is 3.70. The predicted molar refractivity (Wildman–Crippen MR) is 80.8 cm³/mol. The van der Waals surface area contributed by atoms with Crippen molar-refractivity contribution in [1.82, 2.24) is 15.1 Å². The maximum Gasteiger partial charge on any atom is 0.269 e. The van der Waals surface area contributed by atoms with E-state index in [1.54, 1.807) is 4.68 Å². The fourth-order valence-electron chi connectivity index (χ4n) is 2.18. The molecular weight excluding hydrogens is 266 g/mol. The fourth-order valence-corrected chi connectivity index (χ4v) is 2.18. The number of rotatable bonds is 6. The Morgan fingerprint density at radius 2 is 2.05 bits per heavy atom. The standard InChI is InChI=1S/C16H21N3O2/c1-3-14-9-15(19(4-2)18-14)16(21)17-10-12-6-5-7-13(8-12)11-20/h5-9,20H,3-4,10-11H2,1-2H3,(H,17,21). The summed E-state index contributed by atoms with van der Waals surface area (Å²) in [6, 6.07) is 9.37. The first-order valence-electron chi connectivity index (χ1n) is 7.21. The molecule has 1 heterocycles. The average Bonchev–Trinajstić information content (AvgIpc) is 2.96. The number of nitrogens with one attached hydrogen (secondary N) is 1. The zero-order valence-electron chi connectivity index (χ0n) is 12.5. The van der Waals surface area contributed by atoms with Gasteiger partial charge in [-0.3, -0.25) is 9.48 Å². The molecule has 0 bridgehead atoms. The molecule has 2 rings (SSSR count). The molecule has 0 atom stereocenters. The molecule has 5 nitrogen and oxygen atoms in total. The lowest BCUT2D eigenvalue weighted by molar-refractivity contribution is 0.0940. The van der Waals surface area contributed by atoms with Crippen LogP contribution < -0.4 is 5.32 Å². The summed E-state index contributed by atoms with van der Waals surface area (Å²) in [5.41, 5.74) is 3.32. The summed E-state index contributed by atoms with van der Waals surface area (Å²) in [6.45, 7) is 5.09. The van der Waals surface area contributed by atoms with Crippen LogP contribution in [0.4, 0.5) is 0 Å². The second-order valence-electron chi connectivity index (χ2n) is 4.85. The maximum atomic E-state index is 12.3. The number of carbonyl (C=O) groups excluding carboxylic acids is 1. The Hall–Kier alpha value is -2.14. The number of hydrogen-bond donors (Lipinski definition) is 2. The third-order valence-corrected chi connectivity index (χ3v) is 3.35. The lowest BCUT2D eigenvalue weighted by Gasteiger charge is -2.07. The maximum absolute atomic E-state index is 12.3. The third-order valence-electron chi connectivity index (χ3n) is 3.35. The molecule has 0 aliphatic carbocycles. The molecule has 0 spiro atoms. The number of amides is 1. The van der Waals surface area contributed by atoms with Gasteiger partial charge in [0.2, 0.25) is 0 Å². The number of carbonyl (C=O) groups is 1. The van der Waals surface area contributed by atoms with Gasteiger partial charge in [-0.2, -0.15) is 5.10 Å². The van der Waals surface area contributed by atoms with Crippen LogP contribution in [0.2, 0.25) is 0 Å². The summed E-state index contributed by atoms with van der Waals surface area (Å²) in [4.78, 5) is 12.3. The van der Waals surface area contributed by atoms with Crippen molar-refractivity contribution in [2.75, 3.05) is 0 Å². The van der Waals surface area contributed by atoms with Crippen LogP contribution in [0.3, 0.4) is 0 Å². The minimum Gasteiger partial charge on any atom is -0.392 e. The first-order chi connectivity index (χ1) is 10.2. The normalized spacial score (nSPS) is 10.6. The predicted octanol–water partition coefficient (Wildman–Crippen LogP) is 1.89. The van der Waals surface area contributed by atoms with Crippen molar-refractivity contribution in [1.29, 1.82) is 0 Å². The van der Waals surface area contributed by atoms with E-state index in [1.165, 1.54) is 0 Å². The highest BCUT2D eigenvalue weighted by Crippen LogP contribution is 2.08. The minimum atomic E-state index is -0.126. The largest absolute Gasteiger partial charge is 0.392 e. The lowest BCUT2D eigenvalue weighted by atomic mass is 10.1. The second-order valence-corrected chi connectivity index (χ2v) is 4.85. The van der Waals surface area contributed by atoms with E-state index >= 15 is 0 Å². The van der Waals surface area contributed by atoms with E-state index in [0.29, 0.717) is 18.8 Å². The van der Waals surface area contributed by atoms with E-state index in [0.717, 1.165) is 23.2 Å². The number of aryl methyl sites for hydroxylation is 2. The summed E-state index contributed by atoms with van der Waals surface area (Å²) in [7, 11) is 0. The number of aromatic nitrogens is 2. The van der Waals surface area contributed by atoms with E-state index in [-0.39, 0.29) is 12.5 Å². The highest BCUT2D eigenvalue weighted by atomic mass is 16.3. The van der Waals surface area contributed by atoms with E-state index in [4.69, 9.17) is 5.11 Å². The fraction of sp³-hybridized carbons (Fsp3) is 0.375. The van der Waals surface area contributed by atoms with Gasteiger partial charge in [0.15, 0.2) is 0 Å². The van der Waals surface area contributed by atoms with E-state index in [9.17, 15) is 4.79 Å². The van der Waals surface area contributed by atoms with Gasteiger partial charge in [0.1, 0.15) is 5.69 Å². The SMILES string of the molecule is CCc1cc(C(=O)NCc2cccc(CO)c2)n(CC)n1. The first-order valence-corrected chi connectivity index (χ1v) is 7.21. The monoisotopic (exact) mass is 287 g/mol. The van der Waals surface area contributed by atoms with Crippen LogP contribution in [-0.2, 0) is 26.1 Å². The van der Waals surface area contributed by atoms with Crippen molar-refractivity contribution in [3.05, 3.63) is 52.8 Å². The molecule has 1 aromatic carbocycles. The van der Waals surface area contributed by atoms with Crippen molar-refractivity contribution >= 4 is 5.91 Å². The molecule has 0 aliphatic rings. The molecule has 2 N–H and O–H groups in total. The van der Waals surface area contributed by atoms with Crippen molar-refractivity contribution < 1.29 is 9.90 Å². The summed E-state index contributed by atoms with van der Waals surface area (Å²) in [5.74, 6) is -0.126. The van der Waals surface area contributed by atoms with Crippen LogP contribution in [0.1, 0.15) is 41.2 Å². The number of nitrogens with zero attached hydrogens (tertiary/aromatic N) is 2. The first kappa shape index (κ1) is 15.3. The van der Waals surface area contributed by atoms with E-state index in [2.05, 4.69) is 10.4 Å². The average molecular weight is 287 g/mol. The molecule has 2 aromatic rings. The van der Waals surface area contributed by atoms with Crippen molar-refractivity contribution in [2.45, 2.75) is 40.0 Å². The van der Waals surface area contributed by atoms with Crippen molar-refractivity contribution in [3.8, 4) is 0 Å². The molecular formula is C16H21N3O2. The molecule has 0 unspecified atom stereocenters. The van der Waals surface area contributed by atoms with Gasteiger partial charge in [0.05, 0.1) is 12.3 Å². The second kappa shape index (κ2) is 7.04. The summed E-state index contributed by atoms with van der Waals surface area (Å²) in [5, 5.41) is 16.4. The Balaban J connectivity index is 2.05. The minimum absolute atomic E-state index is 0.00422. The van der Waals surface area contributed by atoms with Crippen LogP contribution >= 0.6 is 0 Å². The summed E-state index contributed by atoms with van der Waals surface area (Å²) >= 11 is 0. The zero-order valence-corrected chi connectivity index (χ0v) is 12.5. The van der Waals surface area contributed by atoms with Crippen LogP contribution in [0.25, 0.3) is 0 Å². The Labute approximate surface area is 124 Å². The van der Waals surface area contributed by atoms with E-state index in [1.807, 2.05) is 44.2 Å². The number of benzene rings is 1. The number of aliphatic hydroxyl groups excluding tert-OH is 1. The molecule has 0 fully saturated rings. The molecule has 5 heteroatoms. The van der Waals surface area contributed by atoms with Gasteiger partial charge >= 0.3 is 0 Å². The highest BCUT2D eigenvalue weighted by Gasteiger charge is 2.13. The van der Waals surface area contributed by atoms with Gasteiger partial charge in [0.25, 0.3) is 5.91 Å². The van der Waals surface area contributed by atoms with Crippen molar-refractivity contribution in [3.63, 3.8) is 0 Å². The van der Waals surface area contributed by atoms with Crippen molar-refractivity contribution in [2.24, 2.45) is 0 Å². The molecule has 1 amide bonds. The molecule has 0 saturated carbocycles. The quantitative estimate of drug-likeness (QED) is 0.852. The van der Waals surface area contributed by atoms with Gasteiger partial charge < -0.3 is 10.4 Å². The van der Waals surface area contributed by atoms with Gasteiger partial charge in [0, 0.05) is 13.1 Å². The van der Waals surface area contributed by atoms with Crippen LogP contribution in [0, 0.1) is 0 Å². The topological polar surface area (TPSA) is 67.2 Å². The molecule has 0 radical (unpaired) electrons. The van der Waals surface area contributed by atoms with E-state index < -0.39 is 0 Å². The Kier molecular flexibility index (Phi) is 5.11. The molecule has 1 aromatic heterocycles. The van der Waals surface area contributed by atoms with Gasteiger partial charge in [-0.1, -0.05) is 31.2 Å². The smallest absolute Gasteiger partial charge is 0.269 e. The summed E-state index contributed by atoms with van der Waals surface area (Å²) < 4.78 is 1.72. The van der Waals surface area contributed by atoms with Crippen LogP contribution in [0.15, 0.2) is 30.3 Å². The van der Waals surface area contributed by atoms with Crippen LogP contribution in [-0.4, -0.2) is 20.8 Å². The Morgan fingerprint density at radius 3 is 2.71 bits per heavy atom. The van der Waals surface area contributed by atoms with Gasteiger partial charge in [-0.15, -0.1) is 0 Å². The highest BCUT2D eigenvalue weighted by molar-refractivity contribution is 5.92. The van der Waals surface area contributed by atoms with Gasteiger partial charge in [-0.05, 0) is 30.5 Å². The van der Waals surface area contributed by atoms with Crippen LogP contribution in [0.5, 0.6) is 0 Å². The Bertz CT molecular complexity index is 620. The Morgan fingerprint density at radius 1 is 1.29 bits per heavy atom. The number of aliphatic hydroxyl groups is 1. The summed E-state index contributed by atoms with van der Waals surface area (Å²) in [6.07, 6.45) is 0.811.